The number of benzene rings is 1. The number of nitriles is 1. The van der Waals surface area contributed by atoms with Crippen molar-refractivity contribution < 1.29 is 18.3 Å². The zero-order valence-corrected chi connectivity index (χ0v) is 12.0. The fraction of sp³-hybridized carbons (Fsp3) is 0.385. The molecule has 0 aliphatic heterocycles. The largest absolute Gasteiger partial charge is 0.481 e. The van der Waals surface area contributed by atoms with Gasteiger partial charge in [0.1, 0.15) is 0 Å². The minimum Gasteiger partial charge on any atom is -0.481 e. The Bertz CT molecular complexity index is 634. The van der Waals surface area contributed by atoms with Gasteiger partial charge in [-0.05, 0) is 24.6 Å². The molecule has 0 radical (unpaired) electrons. The molecule has 2 atom stereocenters. The normalized spacial score (nSPS) is 14.2. The smallest absolute Gasteiger partial charge is 0.307 e. The Hall–Kier alpha value is -1.91. The van der Waals surface area contributed by atoms with Gasteiger partial charge < -0.3 is 5.11 Å². The van der Waals surface area contributed by atoms with Crippen LogP contribution in [0.25, 0.3) is 0 Å². The molecule has 0 fully saturated rings. The van der Waals surface area contributed by atoms with Crippen molar-refractivity contribution in [1.82, 2.24) is 4.72 Å². The maximum absolute atomic E-state index is 12.0. The fourth-order valence-corrected chi connectivity index (χ4v) is 3.06. The van der Waals surface area contributed by atoms with Crippen LogP contribution < -0.4 is 4.72 Å². The average Bonchev–Trinajstić information content (AvgIpc) is 2.36. The number of nitrogens with zero attached hydrogens (tertiary/aromatic N) is 1. The molecule has 0 aliphatic carbocycles. The Morgan fingerprint density at radius 2 is 2.10 bits per heavy atom. The van der Waals surface area contributed by atoms with Crippen molar-refractivity contribution >= 4 is 16.0 Å². The Morgan fingerprint density at radius 3 is 2.65 bits per heavy atom. The highest BCUT2D eigenvalue weighted by atomic mass is 32.2. The van der Waals surface area contributed by atoms with Gasteiger partial charge in [-0.25, -0.2) is 13.1 Å². The predicted octanol–water partition coefficient (Wildman–Crippen LogP) is 1.09. The van der Waals surface area contributed by atoms with Crippen molar-refractivity contribution in [2.24, 2.45) is 5.92 Å². The van der Waals surface area contributed by atoms with Crippen LogP contribution in [0.1, 0.15) is 25.0 Å². The van der Waals surface area contributed by atoms with Gasteiger partial charge in [0, 0.05) is 6.04 Å². The van der Waals surface area contributed by atoms with Gasteiger partial charge in [0.05, 0.1) is 23.3 Å². The lowest BCUT2D eigenvalue weighted by atomic mass is 10.1. The van der Waals surface area contributed by atoms with Crippen molar-refractivity contribution in [3.8, 4) is 6.07 Å². The molecule has 1 rings (SSSR count). The lowest BCUT2D eigenvalue weighted by Crippen LogP contribution is -2.40. The molecule has 7 heteroatoms. The van der Waals surface area contributed by atoms with Crippen molar-refractivity contribution in [3.05, 3.63) is 35.4 Å². The maximum atomic E-state index is 12.0. The van der Waals surface area contributed by atoms with E-state index in [4.69, 9.17) is 10.4 Å². The highest BCUT2D eigenvalue weighted by Gasteiger charge is 2.24. The summed E-state index contributed by atoms with van der Waals surface area (Å²) in [5, 5.41) is 17.6. The topological polar surface area (TPSA) is 107 Å². The first kappa shape index (κ1) is 16.1. The Labute approximate surface area is 118 Å². The van der Waals surface area contributed by atoms with Crippen LogP contribution in [0.5, 0.6) is 0 Å². The van der Waals surface area contributed by atoms with Crippen molar-refractivity contribution in [2.75, 3.05) is 0 Å². The molecule has 1 aromatic rings. The number of rotatable bonds is 6. The van der Waals surface area contributed by atoms with Gasteiger partial charge in [0.2, 0.25) is 10.0 Å². The molecule has 0 amide bonds. The van der Waals surface area contributed by atoms with Crippen molar-refractivity contribution in [2.45, 2.75) is 25.6 Å². The third-order valence-corrected chi connectivity index (χ3v) is 4.36. The molecular formula is C13H16N2O4S. The molecule has 108 valence electrons. The molecule has 0 spiro atoms. The van der Waals surface area contributed by atoms with Crippen LogP contribution in [-0.4, -0.2) is 25.5 Å². The predicted molar refractivity (Wildman–Crippen MR) is 73.2 cm³/mol. The van der Waals surface area contributed by atoms with Gasteiger partial charge in [0.25, 0.3) is 0 Å². The van der Waals surface area contributed by atoms with Crippen LogP contribution >= 0.6 is 0 Å². The van der Waals surface area contributed by atoms with Gasteiger partial charge in [-0.2, -0.15) is 5.26 Å². The van der Waals surface area contributed by atoms with E-state index in [-0.39, 0.29) is 5.75 Å². The van der Waals surface area contributed by atoms with E-state index in [2.05, 4.69) is 4.72 Å². The maximum Gasteiger partial charge on any atom is 0.307 e. The summed E-state index contributed by atoms with van der Waals surface area (Å²) in [4.78, 5) is 10.8. The van der Waals surface area contributed by atoms with Crippen LogP contribution in [0, 0.1) is 17.2 Å². The first-order chi connectivity index (χ1) is 9.25. The summed E-state index contributed by atoms with van der Waals surface area (Å²) in [7, 11) is -3.66. The standard InChI is InChI=1S/C13H16N2O4S/c1-9(13(16)17)10(2)15-20(18,19)8-12-5-3-4-11(6-12)7-14/h3-6,9-10,15H,8H2,1-2H3,(H,16,17). The number of aliphatic carboxylic acids is 1. The summed E-state index contributed by atoms with van der Waals surface area (Å²) < 4.78 is 26.2. The molecule has 0 aromatic heterocycles. The minimum atomic E-state index is -3.66. The third-order valence-electron chi connectivity index (χ3n) is 2.92. The minimum absolute atomic E-state index is 0.292. The summed E-state index contributed by atoms with van der Waals surface area (Å²) in [6.45, 7) is 2.94. The molecular weight excluding hydrogens is 280 g/mol. The second-order valence-electron chi connectivity index (χ2n) is 4.60. The van der Waals surface area contributed by atoms with Crippen LogP contribution in [0.3, 0.4) is 0 Å². The zero-order chi connectivity index (χ0) is 15.3. The number of nitrogens with one attached hydrogen (secondary N) is 1. The molecule has 6 nitrogen and oxygen atoms in total. The Balaban J connectivity index is 2.80. The number of sulfonamides is 1. The first-order valence-electron chi connectivity index (χ1n) is 5.97. The SMILES string of the molecule is CC(NS(=O)(=O)Cc1cccc(C#N)c1)C(C)C(=O)O. The molecule has 1 aromatic carbocycles. The number of carboxylic acid groups (broad SMARTS) is 1. The molecule has 20 heavy (non-hydrogen) atoms. The average molecular weight is 296 g/mol. The highest BCUT2D eigenvalue weighted by molar-refractivity contribution is 7.88. The lowest BCUT2D eigenvalue weighted by molar-refractivity contribution is -0.141. The molecule has 0 aliphatic rings. The van der Waals surface area contributed by atoms with E-state index in [1.807, 2.05) is 6.07 Å². The number of hydrogen-bond acceptors (Lipinski definition) is 4. The second kappa shape index (κ2) is 6.50. The number of carboxylic acids is 1. The lowest BCUT2D eigenvalue weighted by Gasteiger charge is -2.17. The first-order valence-corrected chi connectivity index (χ1v) is 7.62. The quantitative estimate of drug-likeness (QED) is 0.817. The van der Waals surface area contributed by atoms with Gasteiger partial charge in [-0.15, -0.1) is 0 Å². The van der Waals surface area contributed by atoms with E-state index >= 15 is 0 Å². The van der Waals surface area contributed by atoms with Crippen LogP contribution in [0.4, 0.5) is 0 Å². The van der Waals surface area contributed by atoms with E-state index in [1.54, 1.807) is 18.2 Å². The summed E-state index contributed by atoms with van der Waals surface area (Å²) in [5.41, 5.74) is 0.858. The third kappa shape index (κ3) is 4.64. The molecule has 2 N–H and O–H groups in total. The van der Waals surface area contributed by atoms with Crippen LogP contribution in [-0.2, 0) is 20.6 Å². The van der Waals surface area contributed by atoms with E-state index < -0.39 is 28.0 Å². The highest BCUT2D eigenvalue weighted by Crippen LogP contribution is 2.10. The Morgan fingerprint density at radius 1 is 1.45 bits per heavy atom. The molecule has 0 heterocycles. The fourth-order valence-electron chi connectivity index (χ4n) is 1.59. The van der Waals surface area contributed by atoms with Crippen molar-refractivity contribution in [3.63, 3.8) is 0 Å². The van der Waals surface area contributed by atoms with Crippen LogP contribution in [0.2, 0.25) is 0 Å². The van der Waals surface area contributed by atoms with Gasteiger partial charge >= 0.3 is 5.97 Å². The number of carbonyl (C=O) groups is 1. The Kier molecular flexibility index (Phi) is 5.25. The van der Waals surface area contributed by atoms with Gasteiger partial charge in [-0.1, -0.05) is 19.1 Å². The van der Waals surface area contributed by atoms with E-state index in [9.17, 15) is 13.2 Å². The summed E-state index contributed by atoms with van der Waals surface area (Å²) in [5.74, 6) is -2.18. The number of hydrogen-bond donors (Lipinski definition) is 2. The molecule has 0 saturated heterocycles. The monoisotopic (exact) mass is 296 g/mol. The zero-order valence-electron chi connectivity index (χ0n) is 11.2. The molecule has 0 bridgehead atoms. The van der Waals surface area contributed by atoms with Gasteiger partial charge in [0.15, 0.2) is 0 Å². The van der Waals surface area contributed by atoms with Crippen molar-refractivity contribution in [1.29, 1.82) is 5.26 Å². The van der Waals surface area contributed by atoms with Crippen LogP contribution in [0.15, 0.2) is 24.3 Å². The van der Waals surface area contributed by atoms with E-state index in [0.29, 0.717) is 11.1 Å². The molecule has 0 saturated carbocycles. The summed E-state index contributed by atoms with van der Waals surface area (Å²) in [6, 6.07) is 7.50. The van der Waals surface area contributed by atoms with Gasteiger partial charge in [-0.3, -0.25) is 4.79 Å². The molecule has 2 unspecified atom stereocenters. The summed E-state index contributed by atoms with van der Waals surface area (Å²) >= 11 is 0. The second-order valence-corrected chi connectivity index (χ2v) is 6.36. The summed E-state index contributed by atoms with van der Waals surface area (Å²) in [6.07, 6.45) is 0. The van der Waals surface area contributed by atoms with E-state index in [0.717, 1.165) is 0 Å². The van der Waals surface area contributed by atoms with E-state index in [1.165, 1.54) is 19.9 Å².